The van der Waals surface area contributed by atoms with E-state index in [1.54, 1.807) is 30.5 Å². The molecule has 0 saturated heterocycles. The molecular formula is C16H15ClN2O3. The number of carbonyl (C=O) groups is 1. The van der Waals surface area contributed by atoms with Crippen LogP contribution in [0.15, 0.2) is 47.6 Å². The Morgan fingerprint density at radius 1 is 1.36 bits per heavy atom. The van der Waals surface area contributed by atoms with Gasteiger partial charge in [0.15, 0.2) is 6.61 Å². The Hall–Kier alpha value is -2.53. The summed E-state index contributed by atoms with van der Waals surface area (Å²) in [6.07, 6.45) is 1.56. The number of carboxylic acid groups (broad SMARTS) is 1. The second kappa shape index (κ2) is 7.47. The van der Waals surface area contributed by atoms with Crippen molar-refractivity contribution in [3.05, 3.63) is 58.6 Å². The minimum Gasteiger partial charge on any atom is -0.481 e. The van der Waals surface area contributed by atoms with E-state index < -0.39 is 12.6 Å². The van der Waals surface area contributed by atoms with Gasteiger partial charge in [0.1, 0.15) is 5.75 Å². The molecule has 0 atom stereocenters. The van der Waals surface area contributed by atoms with Crippen molar-refractivity contribution in [1.29, 1.82) is 0 Å². The third kappa shape index (κ3) is 4.49. The highest BCUT2D eigenvalue weighted by Gasteiger charge is 2.03. The van der Waals surface area contributed by atoms with Crippen LogP contribution in [0.2, 0.25) is 5.02 Å². The molecule has 114 valence electrons. The maximum Gasteiger partial charge on any atom is 0.341 e. The Morgan fingerprint density at radius 3 is 2.86 bits per heavy atom. The number of aryl methyl sites for hydroxylation is 1. The molecule has 0 aromatic heterocycles. The first-order valence-electron chi connectivity index (χ1n) is 6.55. The van der Waals surface area contributed by atoms with E-state index in [-0.39, 0.29) is 0 Å². The fraction of sp³-hybridized carbons (Fsp3) is 0.125. The quantitative estimate of drug-likeness (QED) is 0.631. The zero-order chi connectivity index (χ0) is 15.9. The second-order valence-corrected chi connectivity index (χ2v) is 4.96. The molecule has 0 unspecified atom stereocenters. The van der Waals surface area contributed by atoms with Crippen LogP contribution in [0.25, 0.3) is 0 Å². The van der Waals surface area contributed by atoms with Gasteiger partial charge in [0.2, 0.25) is 0 Å². The van der Waals surface area contributed by atoms with Gasteiger partial charge in [-0.1, -0.05) is 29.8 Å². The van der Waals surface area contributed by atoms with E-state index in [0.717, 1.165) is 11.3 Å². The monoisotopic (exact) mass is 318 g/mol. The summed E-state index contributed by atoms with van der Waals surface area (Å²) in [5.41, 5.74) is 5.29. The smallest absolute Gasteiger partial charge is 0.341 e. The molecule has 0 aliphatic rings. The fourth-order valence-electron chi connectivity index (χ4n) is 1.70. The van der Waals surface area contributed by atoms with Crippen molar-refractivity contribution < 1.29 is 14.6 Å². The van der Waals surface area contributed by atoms with E-state index >= 15 is 0 Å². The molecule has 0 amide bonds. The summed E-state index contributed by atoms with van der Waals surface area (Å²) in [6.45, 7) is 1.53. The summed E-state index contributed by atoms with van der Waals surface area (Å²) < 4.78 is 5.20. The zero-order valence-electron chi connectivity index (χ0n) is 11.9. The molecule has 0 fully saturated rings. The molecule has 6 heteroatoms. The largest absolute Gasteiger partial charge is 0.481 e. The van der Waals surface area contributed by atoms with Gasteiger partial charge in [-0.3, -0.25) is 5.43 Å². The Balaban J connectivity index is 2.06. The second-order valence-electron chi connectivity index (χ2n) is 4.55. The van der Waals surface area contributed by atoms with Crippen molar-refractivity contribution in [2.45, 2.75) is 6.92 Å². The van der Waals surface area contributed by atoms with Gasteiger partial charge in [0.05, 0.1) is 11.9 Å². The molecule has 2 aromatic rings. The van der Waals surface area contributed by atoms with Crippen LogP contribution in [0.3, 0.4) is 0 Å². The lowest BCUT2D eigenvalue weighted by atomic mass is 10.2. The van der Waals surface area contributed by atoms with Crippen LogP contribution in [0.4, 0.5) is 5.69 Å². The summed E-state index contributed by atoms with van der Waals surface area (Å²) in [5.74, 6) is -0.573. The highest BCUT2D eigenvalue weighted by atomic mass is 35.5. The molecular weight excluding hydrogens is 304 g/mol. The number of rotatable bonds is 6. The third-order valence-corrected chi connectivity index (χ3v) is 3.25. The molecule has 0 radical (unpaired) electrons. The number of aliphatic carboxylic acids is 1. The molecule has 2 rings (SSSR count). The molecule has 0 bridgehead atoms. The van der Waals surface area contributed by atoms with Crippen LogP contribution < -0.4 is 10.2 Å². The maximum atomic E-state index is 10.6. The predicted molar refractivity (Wildman–Crippen MR) is 87.0 cm³/mol. The fourth-order valence-corrected chi connectivity index (χ4v) is 1.88. The number of para-hydroxylation sites is 1. The first-order valence-corrected chi connectivity index (χ1v) is 6.93. The molecule has 0 aliphatic carbocycles. The average Bonchev–Trinajstić information content (AvgIpc) is 2.50. The molecule has 2 N–H and O–H groups in total. The van der Waals surface area contributed by atoms with Crippen molar-refractivity contribution in [3.8, 4) is 5.75 Å². The summed E-state index contributed by atoms with van der Waals surface area (Å²) in [4.78, 5) is 10.6. The summed E-state index contributed by atoms with van der Waals surface area (Å²) in [5, 5.41) is 13.4. The SMILES string of the molecule is Cc1ccc(NN=Cc2ccccc2OCC(=O)O)cc1Cl. The van der Waals surface area contributed by atoms with E-state index in [1.165, 1.54) is 0 Å². The number of hydrogen-bond donors (Lipinski definition) is 2. The van der Waals surface area contributed by atoms with Crippen LogP contribution in [0, 0.1) is 6.92 Å². The molecule has 0 heterocycles. The number of hydrazone groups is 1. The number of ether oxygens (including phenoxy) is 1. The van der Waals surface area contributed by atoms with Crippen LogP contribution in [0.1, 0.15) is 11.1 Å². The van der Waals surface area contributed by atoms with Gasteiger partial charge in [-0.05, 0) is 36.8 Å². The first-order chi connectivity index (χ1) is 10.6. The average molecular weight is 319 g/mol. The van der Waals surface area contributed by atoms with Crippen molar-refractivity contribution in [1.82, 2.24) is 0 Å². The molecule has 22 heavy (non-hydrogen) atoms. The maximum absolute atomic E-state index is 10.6. The van der Waals surface area contributed by atoms with Crippen LogP contribution in [0.5, 0.6) is 5.75 Å². The number of nitrogens with zero attached hydrogens (tertiary/aromatic N) is 1. The van der Waals surface area contributed by atoms with Crippen molar-refractivity contribution in [2.75, 3.05) is 12.0 Å². The van der Waals surface area contributed by atoms with Crippen molar-refractivity contribution in [3.63, 3.8) is 0 Å². The molecule has 5 nitrogen and oxygen atoms in total. The molecule has 0 spiro atoms. The minimum atomic E-state index is -1.03. The lowest BCUT2D eigenvalue weighted by Crippen LogP contribution is -2.10. The van der Waals surface area contributed by atoms with Crippen LogP contribution in [-0.2, 0) is 4.79 Å². The topological polar surface area (TPSA) is 70.9 Å². The summed E-state index contributed by atoms with van der Waals surface area (Å²) in [7, 11) is 0. The van der Waals surface area contributed by atoms with E-state index in [2.05, 4.69) is 10.5 Å². The Kier molecular flexibility index (Phi) is 5.38. The molecule has 0 saturated carbocycles. The van der Waals surface area contributed by atoms with Gasteiger partial charge < -0.3 is 9.84 Å². The zero-order valence-corrected chi connectivity index (χ0v) is 12.7. The third-order valence-electron chi connectivity index (χ3n) is 2.84. The highest BCUT2D eigenvalue weighted by Crippen LogP contribution is 2.20. The lowest BCUT2D eigenvalue weighted by Gasteiger charge is -2.06. The van der Waals surface area contributed by atoms with Crippen LogP contribution >= 0.6 is 11.6 Å². The summed E-state index contributed by atoms with van der Waals surface area (Å²) >= 11 is 6.04. The standard InChI is InChI=1S/C16H15ClN2O3/c1-11-6-7-13(8-14(11)17)19-18-9-12-4-2-3-5-15(12)22-10-16(20)21/h2-9,19H,10H2,1H3,(H,20,21). The number of halogens is 1. The van der Waals surface area contributed by atoms with Crippen LogP contribution in [-0.4, -0.2) is 23.9 Å². The van der Waals surface area contributed by atoms with E-state index in [1.807, 2.05) is 25.1 Å². The number of hydrogen-bond acceptors (Lipinski definition) is 4. The van der Waals surface area contributed by atoms with Crippen molar-refractivity contribution in [2.24, 2.45) is 5.10 Å². The van der Waals surface area contributed by atoms with Gasteiger partial charge in [-0.15, -0.1) is 0 Å². The van der Waals surface area contributed by atoms with Gasteiger partial charge in [-0.25, -0.2) is 4.79 Å². The summed E-state index contributed by atoms with van der Waals surface area (Å²) in [6, 6.07) is 12.6. The van der Waals surface area contributed by atoms with E-state index in [4.69, 9.17) is 21.4 Å². The Morgan fingerprint density at radius 2 is 2.14 bits per heavy atom. The van der Waals surface area contributed by atoms with E-state index in [0.29, 0.717) is 16.3 Å². The first kappa shape index (κ1) is 15.9. The van der Waals surface area contributed by atoms with Gasteiger partial charge in [0, 0.05) is 10.6 Å². The Bertz CT molecular complexity index is 702. The van der Waals surface area contributed by atoms with Gasteiger partial charge >= 0.3 is 5.97 Å². The van der Waals surface area contributed by atoms with Gasteiger partial charge in [-0.2, -0.15) is 5.10 Å². The number of carboxylic acids is 1. The molecule has 2 aromatic carbocycles. The van der Waals surface area contributed by atoms with Gasteiger partial charge in [0.25, 0.3) is 0 Å². The number of nitrogens with one attached hydrogen (secondary N) is 1. The van der Waals surface area contributed by atoms with E-state index in [9.17, 15) is 4.79 Å². The number of anilines is 1. The lowest BCUT2D eigenvalue weighted by molar-refractivity contribution is -0.139. The van der Waals surface area contributed by atoms with Crippen molar-refractivity contribution >= 4 is 29.5 Å². The number of benzene rings is 2. The normalized spacial score (nSPS) is 10.6. The highest BCUT2D eigenvalue weighted by molar-refractivity contribution is 6.31. The predicted octanol–water partition coefficient (Wildman–Crippen LogP) is 3.56. The minimum absolute atomic E-state index is 0.397. The Labute approximate surface area is 133 Å². The molecule has 0 aliphatic heterocycles.